The molecule has 1 aliphatic heterocycles. The Labute approximate surface area is 123 Å². The van der Waals surface area contributed by atoms with Gasteiger partial charge in [0.2, 0.25) is 0 Å². The fourth-order valence-corrected chi connectivity index (χ4v) is 2.97. The van der Waals surface area contributed by atoms with Crippen molar-refractivity contribution in [3.63, 3.8) is 0 Å². The summed E-state index contributed by atoms with van der Waals surface area (Å²) in [5.41, 5.74) is 0.762. The lowest BCUT2D eigenvalue weighted by Crippen LogP contribution is -2.38. The van der Waals surface area contributed by atoms with Crippen LogP contribution in [-0.4, -0.2) is 37.6 Å². The predicted molar refractivity (Wildman–Crippen MR) is 79.3 cm³/mol. The summed E-state index contributed by atoms with van der Waals surface area (Å²) in [6.45, 7) is 2.53. The lowest BCUT2D eigenvalue weighted by molar-refractivity contribution is 0.0669. The molecule has 104 valence electrons. The van der Waals surface area contributed by atoms with E-state index in [1.807, 2.05) is 29.2 Å². The second kappa shape index (κ2) is 7.06. The molecule has 0 aliphatic carbocycles. The van der Waals surface area contributed by atoms with Gasteiger partial charge in [0.15, 0.2) is 0 Å². The smallest absolute Gasteiger partial charge is 0.254 e. The summed E-state index contributed by atoms with van der Waals surface area (Å²) in [5, 5.41) is 0. The van der Waals surface area contributed by atoms with Crippen molar-refractivity contribution in [1.82, 2.24) is 4.90 Å². The van der Waals surface area contributed by atoms with Crippen molar-refractivity contribution in [3.05, 3.63) is 34.3 Å². The molecule has 1 aromatic rings. The molecule has 1 saturated heterocycles. The van der Waals surface area contributed by atoms with Crippen molar-refractivity contribution in [2.45, 2.75) is 19.3 Å². The van der Waals surface area contributed by atoms with E-state index in [4.69, 9.17) is 4.74 Å². The topological polar surface area (TPSA) is 29.5 Å². The van der Waals surface area contributed by atoms with Crippen LogP contribution in [0.5, 0.6) is 0 Å². The molecule has 1 amide bonds. The fourth-order valence-electron chi connectivity index (χ4n) is 2.51. The number of hydrogen-bond acceptors (Lipinski definition) is 2. The van der Waals surface area contributed by atoms with Crippen LogP contribution in [0.1, 0.15) is 29.6 Å². The van der Waals surface area contributed by atoms with Gasteiger partial charge in [0.1, 0.15) is 0 Å². The number of hydrogen-bond donors (Lipinski definition) is 0. The number of likely N-dealkylation sites (tertiary alicyclic amines) is 1. The summed E-state index contributed by atoms with van der Waals surface area (Å²) >= 11 is 3.45. The van der Waals surface area contributed by atoms with E-state index in [1.165, 1.54) is 0 Å². The first-order chi connectivity index (χ1) is 9.22. The van der Waals surface area contributed by atoms with E-state index in [9.17, 15) is 4.79 Å². The van der Waals surface area contributed by atoms with E-state index in [1.54, 1.807) is 7.11 Å². The van der Waals surface area contributed by atoms with Crippen molar-refractivity contribution in [2.75, 3.05) is 26.8 Å². The van der Waals surface area contributed by atoms with Crippen LogP contribution in [0.4, 0.5) is 0 Å². The van der Waals surface area contributed by atoms with Crippen LogP contribution in [0.3, 0.4) is 0 Å². The largest absolute Gasteiger partial charge is 0.385 e. The number of nitrogens with zero attached hydrogens (tertiary/aromatic N) is 1. The maximum atomic E-state index is 12.4. The molecule has 0 spiro atoms. The zero-order valence-electron chi connectivity index (χ0n) is 11.3. The van der Waals surface area contributed by atoms with E-state index in [0.29, 0.717) is 5.92 Å². The Hall–Kier alpha value is -0.870. The molecule has 0 N–H and O–H groups in total. The molecule has 3 nitrogen and oxygen atoms in total. The quantitative estimate of drug-likeness (QED) is 0.849. The molecule has 1 heterocycles. The minimum Gasteiger partial charge on any atom is -0.385 e. The van der Waals surface area contributed by atoms with Gasteiger partial charge in [0, 0.05) is 31.3 Å². The number of benzene rings is 1. The van der Waals surface area contributed by atoms with Gasteiger partial charge in [0.25, 0.3) is 5.91 Å². The van der Waals surface area contributed by atoms with E-state index in [2.05, 4.69) is 15.9 Å². The predicted octanol–water partition coefficient (Wildman–Crippen LogP) is 3.34. The van der Waals surface area contributed by atoms with Crippen molar-refractivity contribution in [1.29, 1.82) is 0 Å². The number of carbonyl (C=O) groups is 1. The number of rotatable bonds is 4. The molecule has 4 heteroatoms. The molecule has 19 heavy (non-hydrogen) atoms. The Morgan fingerprint density at radius 1 is 1.37 bits per heavy atom. The van der Waals surface area contributed by atoms with Crippen LogP contribution in [0.15, 0.2) is 28.7 Å². The van der Waals surface area contributed by atoms with E-state index in [0.717, 1.165) is 49.0 Å². The second-order valence-electron chi connectivity index (χ2n) is 5.00. The minimum absolute atomic E-state index is 0.137. The Balaban J connectivity index is 1.91. The first-order valence-electron chi connectivity index (χ1n) is 6.75. The van der Waals surface area contributed by atoms with Crippen molar-refractivity contribution < 1.29 is 9.53 Å². The summed E-state index contributed by atoms with van der Waals surface area (Å²) in [6, 6.07) is 7.63. The van der Waals surface area contributed by atoms with Gasteiger partial charge in [0.05, 0.1) is 5.56 Å². The van der Waals surface area contributed by atoms with Crippen LogP contribution in [0.2, 0.25) is 0 Å². The van der Waals surface area contributed by atoms with Gasteiger partial charge in [-0.25, -0.2) is 0 Å². The monoisotopic (exact) mass is 325 g/mol. The molecule has 0 aromatic heterocycles. The molecule has 0 saturated carbocycles. The lowest BCUT2D eigenvalue weighted by atomic mass is 9.93. The van der Waals surface area contributed by atoms with Crippen LogP contribution in [-0.2, 0) is 4.74 Å². The summed E-state index contributed by atoms with van der Waals surface area (Å²) in [6.07, 6.45) is 3.27. The van der Waals surface area contributed by atoms with Crippen LogP contribution in [0.25, 0.3) is 0 Å². The zero-order valence-corrected chi connectivity index (χ0v) is 12.9. The minimum atomic E-state index is 0.137. The fraction of sp³-hybridized carbons (Fsp3) is 0.533. The summed E-state index contributed by atoms with van der Waals surface area (Å²) in [4.78, 5) is 14.4. The summed E-state index contributed by atoms with van der Waals surface area (Å²) in [5.74, 6) is 0.834. The Morgan fingerprint density at radius 2 is 2.05 bits per heavy atom. The number of amides is 1. The van der Waals surface area contributed by atoms with Gasteiger partial charge in [-0.2, -0.15) is 0 Å². The maximum absolute atomic E-state index is 12.4. The van der Waals surface area contributed by atoms with Crippen LogP contribution >= 0.6 is 15.9 Å². The molecular weight excluding hydrogens is 306 g/mol. The number of carbonyl (C=O) groups excluding carboxylic acids is 1. The third-order valence-electron chi connectivity index (χ3n) is 3.74. The third kappa shape index (κ3) is 3.80. The van der Waals surface area contributed by atoms with Gasteiger partial charge < -0.3 is 9.64 Å². The Bertz CT molecular complexity index is 428. The highest BCUT2D eigenvalue weighted by Crippen LogP contribution is 2.24. The molecule has 0 bridgehead atoms. The Kier molecular flexibility index (Phi) is 5.40. The highest BCUT2D eigenvalue weighted by molar-refractivity contribution is 9.10. The van der Waals surface area contributed by atoms with E-state index < -0.39 is 0 Å². The molecule has 1 aliphatic rings. The molecule has 1 aromatic carbocycles. The molecule has 0 radical (unpaired) electrons. The Morgan fingerprint density at radius 3 is 2.68 bits per heavy atom. The number of ether oxygens (including phenoxy) is 1. The average molecular weight is 326 g/mol. The second-order valence-corrected chi connectivity index (χ2v) is 5.85. The lowest BCUT2D eigenvalue weighted by Gasteiger charge is -2.32. The molecule has 0 atom stereocenters. The maximum Gasteiger partial charge on any atom is 0.254 e. The van der Waals surface area contributed by atoms with Gasteiger partial charge in [-0.05, 0) is 53.2 Å². The molecular formula is C15H20BrNO2. The zero-order chi connectivity index (χ0) is 13.7. The highest BCUT2D eigenvalue weighted by atomic mass is 79.9. The first-order valence-corrected chi connectivity index (χ1v) is 7.54. The van der Waals surface area contributed by atoms with Gasteiger partial charge in [-0.3, -0.25) is 4.79 Å². The van der Waals surface area contributed by atoms with Crippen molar-refractivity contribution in [2.24, 2.45) is 5.92 Å². The third-order valence-corrected chi connectivity index (χ3v) is 4.43. The molecule has 0 unspecified atom stereocenters. The number of halogens is 1. The van der Waals surface area contributed by atoms with Crippen LogP contribution < -0.4 is 0 Å². The highest BCUT2D eigenvalue weighted by Gasteiger charge is 2.24. The molecule has 2 rings (SSSR count). The van der Waals surface area contributed by atoms with E-state index in [-0.39, 0.29) is 5.91 Å². The van der Waals surface area contributed by atoms with Gasteiger partial charge >= 0.3 is 0 Å². The van der Waals surface area contributed by atoms with Crippen molar-refractivity contribution in [3.8, 4) is 0 Å². The van der Waals surface area contributed by atoms with E-state index >= 15 is 0 Å². The SMILES string of the molecule is COCCC1CCN(C(=O)c2ccccc2Br)CC1. The standard InChI is InChI=1S/C15H20BrNO2/c1-19-11-8-12-6-9-17(10-7-12)15(18)13-4-2-3-5-14(13)16/h2-5,12H,6-11H2,1H3. The van der Waals surface area contributed by atoms with Gasteiger partial charge in [-0.1, -0.05) is 12.1 Å². The number of methoxy groups -OCH3 is 1. The average Bonchev–Trinajstić information content (AvgIpc) is 2.45. The normalized spacial score (nSPS) is 16.6. The summed E-state index contributed by atoms with van der Waals surface area (Å²) in [7, 11) is 1.74. The van der Waals surface area contributed by atoms with Gasteiger partial charge in [-0.15, -0.1) is 0 Å². The van der Waals surface area contributed by atoms with Crippen LogP contribution in [0, 0.1) is 5.92 Å². The first kappa shape index (κ1) is 14.5. The molecule has 1 fully saturated rings. The number of piperidine rings is 1. The summed E-state index contributed by atoms with van der Waals surface area (Å²) < 4.78 is 5.99. The van der Waals surface area contributed by atoms with Crippen molar-refractivity contribution >= 4 is 21.8 Å².